The first-order valence-electron chi connectivity index (χ1n) is 8.78. The number of hydrogen-bond acceptors (Lipinski definition) is 5. The minimum atomic E-state index is 0.0964. The third-order valence-corrected chi connectivity index (χ3v) is 5.42. The number of hydrogen-bond donors (Lipinski definition) is 2. The van der Waals surface area contributed by atoms with Crippen LogP contribution < -0.4 is 11.1 Å². The van der Waals surface area contributed by atoms with Gasteiger partial charge in [-0.1, -0.05) is 24.4 Å². The third kappa shape index (κ3) is 3.54. The van der Waals surface area contributed by atoms with Gasteiger partial charge < -0.3 is 15.5 Å². The number of furan rings is 1. The molecule has 8 heteroatoms. The van der Waals surface area contributed by atoms with Gasteiger partial charge in [-0.3, -0.25) is 0 Å². The Morgan fingerprint density at radius 1 is 1.42 bits per heavy atom. The van der Waals surface area contributed by atoms with Crippen molar-refractivity contribution in [1.82, 2.24) is 14.6 Å². The van der Waals surface area contributed by atoms with Crippen molar-refractivity contribution >= 4 is 34.5 Å². The van der Waals surface area contributed by atoms with Crippen LogP contribution in [0.4, 0.5) is 5.82 Å². The lowest BCUT2D eigenvalue weighted by Gasteiger charge is -2.11. The lowest BCUT2D eigenvalue weighted by Crippen LogP contribution is -2.23. The largest absolute Gasteiger partial charge is 0.467 e. The highest BCUT2D eigenvalue weighted by Gasteiger charge is 2.26. The van der Waals surface area contributed by atoms with E-state index in [1.165, 1.54) is 12.8 Å². The first-order valence-corrected chi connectivity index (χ1v) is 9.53. The molecule has 1 aliphatic rings. The number of aryl methyl sites for hydroxylation is 1. The molecule has 1 aliphatic carbocycles. The maximum atomic E-state index is 6.61. The van der Waals surface area contributed by atoms with Crippen LogP contribution in [0.15, 0.2) is 22.8 Å². The molecule has 0 bridgehead atoms. The van der Waals surface area contributed by atoms with Gasteiger partial charge in [0.15, 0.2) is 5.82 Å². The fraction of sp³-hybridized carbons (Fsp3) is 0.444. The van der Waals surface area contributed by atoms with Crippen molar-refractivity contribution in [2.24, 2.45) is 11.7 Å². The van der Waals surface area contributed by atoms with E-state index in [0.29, 0.717) is 17.5 Å². The Hall–Kier alpha value is -1.76. The van der Waals surface area contributed by atoms with Crippen LogP contribution in [-0.4, -0.2) is 20.6 Å². The molecule has 6 nitrogen and oxygen atoms in total. The number of nitrogens with one attached hydrogen (secondary N) is 1. The summed E-state index contributed by atoms with van der Waals surface area (Å²) in [6.45, 7) is 2.52. The molecule has 3 N–H and O–H groups in total. The SMILES string of the molecule is Cc1c(C[C@@H](N)CC2CC2)c(Cl)n2nc(Cl)nc(NCc3ccco3)c12. The Morgan fingerprint density at radius 2 is 2.23 bits per heavy atom. The average Bonchev–Trinajstić information content (AvgIpc) is 3.19. The third-order valence-electron chi connectivity index (χ3n) is 4.88. The van der Waals surface area contributed by atoms with Crippen LogP contribution in [0.1, 0.15) is 36.1 Å². The molecule has 0 aliphatic heterocycles. The van der Waals surface area contributed by atoms with Crippen molar-refractivity contribution in [3.8, 4) is 0 Å². The molecule has 1 fully saturated rings. The summed E-state index contributed by atoms with van der Waals surface area (Å²) in [5, 5.41) is 8.23. The van der Waals surface area contributed by atoms with E-state index < -0.39 is 0 Å². The van der Waals surface area contributed by atoms with Gasteiger partial charge in [-0.25, -0.2) is 4.52 Å². The van der Waals surface area contributed by atoms with Gasteiger partial charge in [0.2, 0.25) is 5.28 Å². The molecular weight excluding hydrogens is 373 g/mol. The van der Waals surface area contributed by atoms with E-state index in [0.717, 1.165) is 41.2 Å². The zero-order valence-corrected chi connectivity index (χ0v) is 16.0. The number of anilines is 1. The topological polar surface area (TPSA) is 81.4 Å². The summed E-state index contributed by atoms with van der Waals surface area (Å²) >= 11 is 12.7. The van der Waals surface area contributed by atoms with E-state index in [2.05, 4.69) is 15.4 Å². The zero-order chi connectivity index (χ0) is 18.3. The van der Waals surface area contributed by atoms with Crippen LogP contribution in [0.25, 0.3) is 5.52 Å². The smallest absolute Gasteiger partial charge is 0.243 e. The second-order valence-electron chi connectivity index (χ2n) is 6.96. The Labute approximate surface area is 161 Å². The number of rotatable bonds is 7. The summed E-state index contributed by atoms with van der Waals surface area (Å²) in [6, 6.07) is 3.84. The summed E-state index contributed by atoms with van der Waals surface area (Å²) in [5.74, 6) is 2.21. The van der Waals surface area contributed by atoms with Crippen LogP contribution in [0, 0.1) is 12.8 Å². The quantitative estimate of drug-likeness (QED) is 0.627. The highest BCUT2D eigenvalue weighted by Crippen LogP contribution is 2.36. The van der Waals surface area contributed by atoms with Crippen molar-refractivity contribution in [2.75, 3.05) is 5.32 Å². The van der Waals surface area contributed by atoms with Gasteiger partial charge in [0.25, 0.3) is 0 Å². The molecule has 4 rings (SSSR count). The molecule has 3 aromatic heterocycles. The molecule has 26 heavy (non-hydrogen) atoms. The molecule has 0 saturated heterocycles. The van der Waals surface area contributed by atoms with E-state index in [4.69, 9.17) is 33.4 Å². The molecule has 0 radical (unpaired) electrons. The fourth-order valence-electron chi connectivity index (χ4n) is 3.38. The number of nitrogens with zero attached hydrogens (tertiary/aromatic N) is 3. The lowest BCUT2D eigenvalue weighted by atomic mass is 10.0. The van der Waals surface area contributed by atoms with Crippen LogP contribution in [-0.2, 0) is 13.0 Å². The summed E-state index contributed by atoms with van der Waals surface area (Å²) in [4.78, 5) is 4.34. The zero-order valence-electron chi connectivity index (χ0n) is 14.5. The summed E-state index contributed by atoms with van der Waals surface area (Å²) < 4.78 is 7.01. The molecule has 0 amide bonds. The van der Waals surface area contributed by atoms with Crippen molar-refractivity contribution in [2.45, 2.75) is 45.2 Å². The second-order valence-corrected chi connectivity index (χ2v) is 7.66. The van der Waals surface area contributed by atoms with Gasteiger partial charge in [-0.05, 0) is 60.5 Å². The van der Waals surface area contributed by atoms with E-state index in [9.17, 15) is 0 Å². The van der Waals surface area contributed by atoms with Gasteiger partial charge in [0.05, 0.1) is 12.8 Å². The number of fused-ring (bicyclic) bond motifs is 1. The Balaban J connectivity index is 1.66. The van der Waals surface area contributed by atoms with Gasteiger partial charge >= 0.3 is 0 Å². The summed E-state index contributed by atoms with van der Waals surface area (Å²) in [6.07, 6.45) is 5.98. The predicted octanol–water partition coefficient (Wildman–Crippen LogP) is 4.22. The number of nitrogens with two attached hydrogens (primary N) is 1. The van der Waals surface area contributed by atoms with E-state index in [-0.39, 0.29) is 11.3 Å². The Kier molecular flexibility index (Phi) is 4.82. The van der Waals surface area contributed by atoms with Crippen molar-refractivity contribution in [3.63, 3.8) is 0 Å². The van der Waals surface area contributed by atoms with Crippen LogP contribution >= 0.6 is 23.2 Å². The molecule has 0 aromatic carbocycles. The fourth-order valence-corrected chi connectivity index (χ4v) is 3.88. The second kappa shape index (κ2) is 7.10. The van der Waals surface area contributed by atoms with Gasteiger partial charge in [0.1, 0.15) is 16.4 Å². The maximum Gasteiger partial charge on any atom is 0.243 e. The average molecular weight is 394 g/mol. The normalized spacial score (nSPS) is 15.5. The van der Waals surface area contributed by atoms with Crippen molar-refractivity contribution in [3.05, 3.63) is 45.7 Å². The van der Waals surface area contributed by atoms with E-state index in [1.807, 2.05) is 19.1 Å². The molecule has 138 valence electrons. The molecule has 0 unspecified atom stereocenters. The minimum Gasteiger partial charge on any atom is -0.467 e. The van der Waals surface area contributed by atoms with E-state index >= 15 is 0 Å². The summed E-state index contributed by atoms with van der Waals surface area (Å²) in [7, 11) is 0. The van der Waals surface area contributed by atoms with Crippen LogP contribution in [0.3, 0.4) is 0 Å². The van der Waals surface area contributed by atoms with Crippen LogP contribution in [0.5, 0.6) is 0 Å². The minimum absolute atomic E-state index is 0.0964. The molecule has 1 atom stereocenters. The number of aromatic nitrogens is 3. The predicted molar refractivity (Wildman–Crippen MR) is 103 cm³/mol. The van der Waals surface area contributed by atoms with Gasteiger partial charge in [0, 0.05) is 6.04 Å². The van der Waals surface area contributed by atoms with Gasteiger partial charge in [-0.15, -0.1) is 5.10 Å². The van der Waals surface area contributed by atoms with E-state index in [1.54, 1.807) is 10.8 Å². The van der Waals surface area contributed by atoms with Crippen molar-refractivity contribution < 1.29 is 4.42 Å². The molecule has 1 saturated carbocycles. The Morgan fingerprint density at radius 3 is 2.92 bits per heavy atom. The first-order chi connectivity index (χ1) is 12.5. The highest BCUT2D eigenvalue weighted by atomic mass is 35.5. The molecule has 3 heterocycles. The standard InChI is InChI=1S/C18H21Cl2N5O/c1-10-14(8-12(21)7-11-4-5-11)16(19)25-15(10)17(23-18(20)24-25)22-9-13-3-2-6-26-13/h2-3,6,11-12H,4-5,7-9,21H2,1H3,(H,22,23,24)/t12-/m0/s1. The molecule has 0 spiro atoms. The lowest BCUT2D eigenvalue weighted by molar-refractivity contribution is 0.518. The molecular formula is C18H21Cl2N5O. The summed E-state index contributed by atoms with van der Waals surface area (Å²) in [5.41, 5.74) is 9.20. The highest BCUT2D eigenvalue weighted by molar-refractivity contribution is 6.31. The first kappa shape index (κ1) is 17.6. The Bertz CT molecular complexity index is 918. The van der Waals surface area contributed by atoms with Crippen molar-refractivity contribution in [1.29, 1.82) is 0 Å². The molecule has 3 aromatic rings. The van der Waals surface area contributed by atoms with Crippen LogP contribution in [0.2, 0.25) is 10.4 Å². The van der Waals surface area contributed by atoms with Gasteiger partial charge in [-0.2, -0.15) is 4.98 Å². The monoisotopic (exact) mass is 393 g/mol. The number of halogens is 2. The maximum absolute atomic E-state index is 6.61.